The molecular formula is C16H19N3O3. The Morgan fingerprint density at radius 3 is 3.00 bits per heavy atom. The van der Waals surface area contributed by atoms with Crippen molar-refractivity contribution in [1.29, 1.82) is 0 Å². The Morgan fingerprint density at radius 2 is 2.23 bits per heavy atom. The molecule has 1 aliphatic heterocycles. The number of hydrogen-bond donors (Lipinski definition) is 2. The molecule has 1 aliphatic rings. The van der Waals surface area contributed by atoms with Gasteiger partial charge in [0.25, 0.3) is 0 Å². The van der Waals surface area contributed by atoms with Gasteiger partial charge in [0, 0.05) is 24.6 Å². The van der Waals surface area contributed by atoms with Crippen LogP contribution in [0.15, 0.2) is 41.0 Å². The Labute approximate surface area is 128 Å². The Bertz CT molecular complexity index is 606. The molecule has 116 valence electrons. The lowest BCUT2D eigenvalue weighted by Crippen LogP contribution is -2.44. The first kappa shape index (κ1) is 14.7. The van der Waals surface area contributed by atoms with E-state index in [0.717, 1.165) is 12.1 Å². The maximum absolute atomic E-state index is 11.9. The number of amides is 1. The Hall–Kier alpha value is -2.18. The summed E-state index contributed by atoms with van der Waals surface area (Å²) >= 11 is 0. The van der Waals surface area contributed by atoms with E-state index in [2.05, 4.69) is 15.6 Å². The van der Waals surface area contributed by atoms with Crippen molar-refractivity contribution in [2.45, 2.75) is 19.0 Å². The highest BCUT2D eigenvalue weighted by Crippen LogP contribution is 2.17. The summed E-state index contributed by atoms with van der Waals surface area (Å²) in [5.74, 6) is 0.541. The van der Waals surface area contributed by atoms with E-state index >= 15 is 0 Å². The molecule has 2 N–H and O–H groups in total. The summed E-state index contributed by atoms with van der Waals surface area (Å²) < 4.78 is 10.8. The second kappa shape index (κ2) is 7.20. The van der Waals surface area contributed by atoms with Crippen LogP contribution < -0.4 is 10.6 Å². The van der Waals surface area contributed by atoms with Crippen LogP contribution in [0.2, 0.25) is 0 Å². The number of aromatic nitrogens is 1. The van der Waals surface area contributed by atoms with Gasteiger partial charge in [-0.2, -0.15) is 0 Å². The van der Waals surface area contributed by atoms with Crippen LogP contribution >= 0.6 is 0 Å². The molecule has 6 heteroatoms. The van der Waals surface area contributed by atoms with E-state index in [1.165, 1.54) is 0 Å². The molecular weight excluding hydrogens is 282 g/mol. The fraction of sp³-hybridized carbons (Fsp3) is 0.375. The third-order valence-electron chi connectivity index (χ3n) is 3.47. The summed E-state index contributed by atoms with van der Waals surface area (Å²) in [7, 11) is 0. The van der Waals surface area contributed by atoms with Gasteiger partial charge in [-0.15, -0.1) is 0 Å². The average Bonchev–Trinajstić information content (AvgIpc) is 3.04. The van der Waals surface area contributed by atoms with Gasteiger partial charge in [-0.1, -0.05) is 18.2 Å². The molecule has 6 nitrogen and oxygen atoms in total. The summed E-state index contributed by atoms with van der Waals surface area (Å²) in [5, 5.41) is 6.11. The molecule has 1 aromatic carbocycles. The van der Waals surface area contributed by atoms with Crippen LogP contribution in [0.5, 0.6) is 0 Å². The zero-order valence-corrected chi connectivity index (χ0v) is 12.2. The highest BCUT2D eigenvalue weighted by molar-refractivity contribution is 5.76. The van der Waals surface area contributed by atoms with Gasteiger partial charge in [0.2, 0.25) is 11.8 Å². The first-order valence-corrected chi connectivity index (χ1v) is 7.39. The van der Waals surface area contributed by atoms with Crippen LogP contribution in [-0.4, -0.2) is 36.7 Å². The predicted octanol–water partition coefficient (Wildman–Crippen LogP) is 1.34. The third-order valence-corrected chi connectivity index (χ3v) is 3.47. The van der Waals surface area contributed by atoms with Gasteiger partial charge in [-0.25, -0.2) is 4.98 Å². The third kappa shape index (κ3) is 3.93. The maximum atomic E-state index is 11.9. The van der Waals surface area contributed by atoms with Gasteiger partial charge in [0.1, 0.15) is 6.26 Å². The van der Waals surface area contributed by atoms with E-state index in [9.17, 15) is 4.79 Å². The number of nitrogens with zero attached hydrogens (tertiary/aromatic N) is 1. The maximum Gasteiger partial charge on any atom is 0.226 e. The molecule has 1 aromatic heterocycles. The molecule has 0 radical (unpaired) electrons. The van der Waals surface area contributed by atoms with E-state index in [1.807, 2.05) is 30.3 Å². The molecule has 0 spiro atoms. The number of hydrogen-bond acceptors (Lipinski definition) is 5. The SMILES string of the molecule is O=C(CC1COCCN1)NCc1coc(-c2ccccc2)n1. The van der Waals surface area contributed by atoms with Crippen molar-refractivity contribution in [2.24, 2.45) is 0 Å². The van der Waals surface area contributed by atoms with Crippen LogP contribution in [0, 0.1) is 0 Å². The molecule has 1 unspecified atom stereocenters. The van der Waals surface area contributed by atoms with Crippen LogP contribution in [0.1, 0.15) is 12.1 Å². The molecule has 2 aromatic rings. The lowest BCUT2D eigenvalue weighted by atomic mass is 10.2. The Balaban J connectivity index is 1.49. The molecule has 0 aliphatic carbocycles. The number of ether oxygens (including phenoxy) is 1. The molecule has 3 rings (SSSR count). The minimum atomic E-state index is -0.0211. The predicted molar refractivity (Wildman–Crippen MR) is 81.0 cm³/mol. The van der Waals surface area contributed by atoms with E-state index in [1.54, 1.807) is 6.26 Å². The second-order valence-corrected chi connectivity index (χ2v) is 5.22. The summed E-state index contributed by atoms with van der Waals surface area (Å²) in [4.78, 5) is 16.3. The van der Waals surface area contributed by atoms with Crippen molar-refractivity contribution in [3.05, 3.63) is 42.3 Å². The second-order valence-electron chi connectivity index (χ2n) is 5.22. The highest BCUT2D eigenvalue weighted by Gasteiger charge is 2.17. The fourth-order valence-corrected chi connectivity index (χ4v) is 2.34. The van der Waals surface area contributed by atoms with Crippen LogP contribution in [0.25, 0.3) is 11.5 Å². The summed E-state index contributed by atoms with van der Waals surface area (Å²) in [6.45, 7) is 2.44. The molecule has 1 fully saturated rings. The van der Waals surface area contributed by atoms with E-state index in [4.69, 9.17) is 9.15 Å². The largest absolute Gasteiger partial charge is 0.444 e. The standard InChI is InChI=1S/C16H19N3O3/c20-15(8-13-10-21-7-6-17-13)18-9-14-11-22-16(19-14)12-4-2-1-3-5-12/h1-5,11,13,17H,6-10H2,(H,18,20). The first-order valence-electron chi connectivity index (χ1n) is 7.39. The minimum absolute atomic E-state index is 0.0211. The van der Waals surface area contributed by atoms with Crippen LogP contribution in [0.4, 0.5) is 0 Å². The number of carbonyl (C=O) groups is 1. The van der Waals surface area contributed by atoms with Gasteiger partial charge >= 0.3 is 0 Å². The molecule has 1 saturated heterocycles. The smallest absolute Gasteiger partial charge is 0.226 e. The highest BCUT2D eigenvalue weighted by atomic mass is 16.5. The molecule has 1 amide bonds. The normalized spacial score (nSPS) is 18.1. The molecule has 2 heterocycles. The first-order chi connectivity index (χ1) is 10.8. The summed E-state index contributed by atoms with van der Waals surface area (Å²) in [5.41, 5.74) is 1.63. The number of nitrogens with one attached hydrogen (secondary N) is 2. The van der Waals surface area contributed by atoms with Crippen LogP contribution in [-0.2, 0) is 16.1 Å². The van der Waals surface area contributed by atoms with Crippen molar-refractivity contribution in [2.75, 3.05) is 19.8 Å². The molecule has 1 atom stereocenters. The minimum Gasteiger partial charge on any atom is -0.444 e. The van der Waals surface area contributed by atoms with Crippen molar-refractivity contribution in [3.63, 3.8) is 0 Å². The lowest BCUT2D eigenvalue weighted by molar-refractivity contribution is -0.122. The van der Waals surface area contributed by atoms with E-state index in [0.29, 0.717) is 37.8 Å². The van der Waals surface area contributed by atoms with Gasteiger partial charge in [-0.05, 0) is 12.1 Å². The zero-order chi connectivity index (χ0) is 15.2. The number of oxazole rings is 1. The van der Waals surface area contributed by atoms with Gasteiger partial charge < -0.3 is 19.8 Å². The number of morpholine rings is 1. The number of carbonyl (C=O) groups excluding carboxylic acids is 1. The van der Waals surface area contributed by atoms with Gasteiger partial charge in [-0.3, -0.25) is 4.79 Å². The Morgan fingerprint density at radius 1 is 1.36 bits per heavy atom. The van der Waals surface area contributed by atoms with Gasteiger partial charge in [0.05, 0.1) is 25.5 Å². The monoisotopic (exact) mass is 301 g/mol. The molecule has 22 heavy (non-hydrogen) atoms. The molecule has 0 saturated carbocycles. The van der Waals surface area contributed by atoms with E-state index < -0.39 is 0 Å². The number of benzene rings is 1. The van der Waals surface area contributed by atoms with E-state index in [-0.39, 0.29) is 11.9 Å². The summed E-state index contributed by atoms with van der Waals surface area (Å²) in [6, 6.07) is 9.76. The van der Waals surface area contributed by atoms with Gasteiger partial charge in [0.15, 0.2) is 0 Å². The molecule has 0 bridgehead atoms. The van der Waals surface area contributed by atoms with Crippen LogP contribution in [0.3, 0.4) is 0 Å². The fourth-order valence-electron chi connectivity index (χ4n) is 2.34. The Kier molecular flexibility index (Phi) is 4.82. The van der Waals surface area contributed by atoms with Crippen molar-refractivity contribution < 1.29 is 13.9 Å². The summed E-state index contributed by atoms with van der Waals surface area (Å²) in [6.07, 6.45) is 1.98. The topological polar surface area (TPSA) is 76.4 Å². The number of rotatable bonds is 5. The quantitative estimate of drug-likeness (QED) is 0.871. The van der Waals surface area contributed by atoms with Crippen molar-refractivity contribution >= 4 is 5.91 Å². The zero-order valence-electron chi connectivity index (χ0n) is 12.2. The van der Waals surface area contributed by atoms with Crippen molar-refractivity contribution in [1.82, 2.24) is 15.6 Å². The lowest BCUT2D eigenvalue weighted by Gasteiger charge is -2.23. The van der Waals surface area contributed by atoms with Crippen molar-refractivity contribution in [3.8, 4) is 11.5 Å². The average molecular weight is 301 g/mol.